The van der Waals surface area contributed by atoms with E-state index in [2.05, 4.69) is 6.58 Å². The molecular weight excluding hydrogens is 179 g/mol. The van der Waals surface area contributed by atoms with Crippen LogP contribution in [0.3, 0.4) is 0 Å². The number of hydrogen-bond donors (Lipinski definition) is 0. The van der Waals surface area contributed by atoms with E-state index in [0.29, 0.717) is 19.4 Å². The summed E-state index contributed by atoms with van der Waals surface area (Å²) in [7, 11) is 0. The van der Waals surface area contributed by atoms with Crippen molar-refractivity contribution in [2.24, 2.45) is 0 Å². The maximum Gasteiger partial charge on any atom is 0.123 e. The number of para-hydroxylation sites is 1. The predicted octanol–water partition coefficient (Wildman–Crippen LogP) is 3.28. The molecule has 0 aliphatic rings. The molecule has 0 aliphatic heterocycles. The summed E-state index contributed by atoms with van der Waals surface area (Å²) >= 11 is 0. The fourth-order valence-corrected chi connectivity index (χ4v) is 1.13. The Kier molecular flexibility index (Phi) is 4.48. The molecule has 0 aliphatic carbocycles. The Bertz CT molecular complexity index is 318. The Labute approximate surface area is 83.5 Å². The molecule has 0 amide bonds. The van der Waals surface area contributed by atoms with Crippen molar-refractivity contribution < 1.29 is 9.13 Å². The first kappa shape index (κ1) is 10.5. The second-order valence-electron chi connectivity index (χ2n) is 2.77. The van der Waals surface area contributed by atoms with Gasteiger partial charge in [0, 0.05) is 0 Å². The maximum absolute atomic E-state index is 11.8. The summed E-state index contributed by atoms with van der Waals surface area (Å²) in [5.74, 6) is 0.783. The molecule has 1 aromatic carbocycles. The lowest BCUT2D eigenvalue weighted by Gasteiger charge is -2.07. The predicted molar refractivity (Wildman–Crippen MR) is 56.1 cm³/mol. The van der Waals surface area contributed by atoms with Gasteiger partial charge in [-0.1, -0.05) is 36.9 Å². The minimum absolute atomic E-state index is 0.469. The monoisotopic (exact) mass is 192 g/mol. The summed E-state index contributed by atoms with van der Waals surface area (Å²) < 4.78 is 17.2. The van der Waals surface area contributed by atoms with Crippen LogP contribution in [0.15, 0.2) is 49.3 Å². The number of allylic oxidation sites excluding steroid dienone is 1. The summed E-state index contributed by atoms with van der Waals surface area (Å²) in [6.07, 6.45) is 4.23. The molecular formula is C12H13FO. The Balaban J connectivity index is 2.74. The second kappa shape index (κ2) is 5.97. The molecule has 1 rings (SSSR count). The first-order valence-corrected chi connectivity index (χ1v) is 4.45. The highest BCUT2D eigenvalue weighted by molar-refractivity contribution is 5.34. The van der Waals surface area contributed by atoms with E-state index >= 15 is 0 Å². The van der Waals surface area contributed by atoms with Gasteiger partial charge in [-0.05, 0) is 18.1 Å². The van der Waals surface area contributed by atoms with Gasteiger partial charge >= 0.3 is 0 Å². The third-order valence-electron chi connectivity index (χ3n) is 1.76. The summed E-state index contributed by atoms with van der Waals surface area (Å²) in [4.78, 5) is 0. The summed E-state index contributed by atoms with van der Waals surface area (Å²) in [6, 6.07) is 7.58. The number of rotatable bonds is 5. The van der Waals surface area contributed by atoms with Crippen molar-refractivity contribution in [2.75, 3.05) is 6.61 Å². The van der Waals surface area contributed by atoms with Crippen LogP contribution in [0.4, 0.5) is 4.39 Å². The fraction of sp³-hybridized carbons (Fsp3) is 0.167. The quantitative estimate of drug-likeness (QED) is 0.650. The molecule has 1 aromatic rings. The fourth-order valence-electron chi connectivity index (χ4n) is 1.13. The van der Waals surface area contributed by atoms with Gasteiger partial charge in [0.05, 0.1) is 6.33 Å². The standard InChI is InChI=1S/C12H13FO/c1-2-10-14-12-8-4-3-6-11(12)7-5-9-13/h2-6,8-9H,1,7,10H2. The van der Waals surface area contributed by atoms with Crippen molar-refractivity contribution >= 4 is 0 Å². The van der Waals surface area contributed by atoms with Crippen LogP contribution in [0, 0.1) is 0 Å². The topological polar surface area (TPSA) is 9.23 Å². The number of benzene rings is 1. The number of hydrogen-bond acceptors (Lipinski definition) is 1. The van der Waals surface area contributed by atoms with E-state index in [1.165, 1.54) is 6.08 Å². The summed E-state index contributed by atoms with van der Waals surface area (Å²) in [5.41, 5.74) is 0.975. The van der Waals surface area contributed by atoms with Gasteiger partial charge in [-0.3, -0.25) is 0 Å². The highest BCUT2D eigenvalue weighted by atomic mass is 19.1. The molecule has 0 fully saturated rings. The number of halogens is 1. The van der Waals surface area contributed by atoms with Crippen molar-refractivity contribution in [1.82, 2.24) is 0 Å². The first-order valence-electron chi connectivity index (χ1n) is 4.45. The van der Waals surface area contributed by atoms with Gasteiger partial charge in [0.15, 0.2) is 0 Å². The lowest BCUT2D eigenvalue weighted by atomic mass is 10.1. The van der Waals surface area contributed by atoms with Crippen LogP contribution in [0.2, 0.25) is 0 Å². The largest absolute Gasteiger partial charge is 0.489 e. The van der Waals surface area contributed by atoms with Crippen LogP contribution in [-0.4, -0.2) is 6.61 Å². The zero-order chi connectivity index (χ0) is 10.2. The third kappa shape index (κ3) is 3.05. The SMILES string of the molecule is C=CCOc1ccccc1CC=CF. The van der Waals surface area contributed by atoms with Gasteiger partial charge in [-0.2, -0.15) is 0 Å². The Morgan fingerprint density at radius 2 is 2.14 bits per heavy atom. The molecule has 0 N–H and O–H groups in total. The van der Waals surface area contributed by atoms with Crippen molar-refractivity contribution in [3.8, 4) is 5.75 Å². The Morgan fingerprint density at radius 1 is 1.36 bits per heavy atom. The van der Waals surface area contributed by atoms with E-state index in [-0.39, 0.29) is 0 Å². The molecule has 0 aromatic heterocycles. The van der Waals surface area contributed by atoms with Crippen LogP contribution in [0.25, 0.3) is 0 Å². The molecule has 0 atom stereocenters. The number of ether oxygens (including phenoxy) is 1. The minimum Gasteiger partial charge on any atom is -0.489 e. The average molecular weight is 192 g/mol. The zero-order valence-corrected chi connectivity index (χ0v) is 7.95. The maximum atomic E-state index is 11.8. The van der Waals surface area contributed by atoms with Crippen molar-refractivity contribution in [2.45, 2.75) is 6.42 Å². The second-order valence-corrected chi connectivity index (χ2v) is 2.77. The molecule has 0 radical (unpaired) electrons. The Hall–Kier alpha value is -1.57. The summed E-state index contributed by atoms with van der Waals surface area (Å²) in [6.45, 7) is 4.04. The molecule has 0 heterocycles. The van der Waals surface area contributed by atoms with Crippen LogP contribution in [-0.2, 0) is 6.42 Å². The van der Waals surface area contributed by atoms with Crippen LogP contribution in [0.5, 0.6) is 5.75 Å². The van der Waals surface area contributed by atoms with E-state index in [4.69, 9.17) is 4.74 Å². The van der Waals surface area contributed by atoms with Crippen molar-refractivity contribution in [3.63, 3.8) is 0 Å². The van der Waals surface area contributed by atoms with E-state index in [0.717, 1.165) is 11.3 Å². The van der Waals surface area contributed by atoms with E-state index in [1.54, 1.807) is 6.08 Å². The lowest BCUT2D eigenvalue weighted by molar-refractivity contribution is 0.360. The van der Waals surface area contributed by atoms with Crippen LogP contribution >= 0.6 is 0 Å². The van der Waals surface area contributed by atoms with Crippen LogP contribution < -0.4 is 4.74 Å². The van der Waals surface area contributed by atoms with Gasteiger partial charge in [0.2, 0.25) is 0 Å². The average Bonchev–Trinajstić information content (AvgIpc) is 2.24. The molecule has 0 unspecified atom stereocenters. The van der Waals surface area contributed by atoms with E-state index in [9.17, 15) is 4.39 Å². The van der Waals surface area contributed by atoms with Gasteiger partial charge in [0.25, 0.3) is 0 Å². The molecule has 0 bridgehead atoms. The minimum atomic E-state index is 0.469. The van der Waals surface area contributed by atoms with Gasteiger partial charge in [-0.25, -0.2) is 4.39 Å². The molecule has 0 saturated carbocycles. The lowest BCUT2D eigenvalue weighted by Crippen LogP contribution is -1.96. The third-order valence-corrected chi connectivity index (χ3v) is 1.76. The molecule has 0 saturated heterocycles. The van der Waals surface area contributed by atoms with Gasteiger partial charge in [-0.15, -0.1) is 0 Å². The zero-order valence-electron chi connectivity index (χ0n) is 7.95. The molecule has 14 heavy (non-hydrogen) atoms. The summed E-state index contributed by atoms with van der Waals surface area (Å²) in [5, 5.41) is 0. The molecule has 74 valence electrons. The van der Waals surface area contributed by atoms with E-state index in [1.807, 2.05) is 24.3 Å². The normalized spacial score (nSPS) is 10.4. The molecule has 2 heteroatoms. The van der Waals surface area contributed by atoms with Crippen molar-refractivity contribution in [1.29, 1.82) is 0 Å². The van der Waals surface area contributed by atoms with Gasteiger partial charge < -0.3 is 4.74 Å². The highest BCUT2D eigenvalue weighted by Crippen LogP contribution is 2.18. The smallest absolute Gasteiger partial charge is 0.123 e. The highest BCUT2D eigenvalue weighted by Gasteiger charge is 1.99. The first-order chi connectivity index (χ1) is 6.88. The Morgan fingerprint density at radius 3 is 2.86 bits per heavy atom. The van der Waals surface area contributed by atoms with E-state index < -0.39 is 0 Å². The van der Waals surface area contributed by atoms with Crippen LogP contribution in [0.1, 0.15) is 5.56 Å². The van der Waals surface area contributed by atoms with Gasteiger partial charge in [0.1, 0.15) is 12.4 Å². The molecule has 0 spiro atoms. The molecule has 1 nitrogen and oxygen atoms in total. The van der Waals surface area contributed by atoms with Crippen molar-refractivity contribution in [3.05, 3.63) is 54.9 Å².